The number of methoxy groups -OCH3 is 1. The SMILES string of the molecule is COC(=O)NOc1cc(/C(C)=N/OCc2ccccc2OC(F)(F)F)ccc1C. The number of aryl methyl sites for hydroxylation is 1. The molecule has 0 aliphatic heterocycles. The van der Waals surface area contributed by atoms with Crippen molar-refractivity contribution >= 4 is 11.8 Å². The van der Waals surface area contributed by atoms with E-state index in [4.69, 9.17) is 9.68 Å². The molecular weight excluding hydrogens is 393 g/mol. The van der Waals surface area contributed by atoms with Gasteiger partial charge in [0.2, 0.25) is 0 Å². The van der Waals surface area contributed by atoms with Gasteiger partial charge in [-0.05, 0) is 31.5 Å². The number of hydroxylamine groups is 1. The molecule has 1 amide bonds. The quantitative estimate of drug-likeness (QED) is 0.536. The van der Waals surface area contributed by atoms with E-state index in [0.29, 0.717) is 17.0 Å². The minimum absolute atomic E-state index is 0.191. The molecule has 0 radical (unpaired) electrons. The van der Waals surface area contributed by atoms with Gasteiger partial charge in [-0.25, -0.2) is 4.79 Å². The lowest BCUT2D eigenvalue weighted by Gasteiger charge is -2.12. The minimum atomic E-state index is -4.80. The number of carbonyl (C=O) groups is 1. The number of nitrogens with one attached hydrogen (secondary N) is 1. The van der Waals surface area contributed by atoms with Crippen molar-refractivity contribution in [2.24, 2.45) is 5.16 Å². The van der Waals surface area contributed by atoms with Gasteiger partial charge in [0.1, 0.15) is 12.4 Å². The third kappa shape index (κ3) is 6.91. The van der Waals surface area contributed by atoms with Crippen LogP contribution in [0.5, 0.6) is 11.5 Å². The summed E-state index contributed by atoms with van der Waals surface area (Å²) < 4.78 is 45.8. The van der Waals surface area contributed by atoms with Crippen molar-refractivity contribution in [3.63, 3.8) is 0 Å². The summed E-state index contributed by atoms with van der Waals surface area (Å²) in [6.07, 6.45) is -5.56. The summed E-state index contributed by atoms with van der Waals surface area (Å²) in [4.78, 5) is 21.5. The predicted octanol–water partition coefficient (Wildman–Crippen LogP) is 4.48. The maximum absolute atomic E-state index is 12.5. The maximum Gasteiger partial charge on any atom is 0.573 e. The summed E-state index contributed by atoms with van der Waals surface area (Å²) in [6.45, 7) is 3.21. The minimum Gasteiger partial charge on any atom is -0.451 e. The number of amides is 1. The van der Waals surface area contributed by atoms with Crippen molar-refractivity contribution in [3.8, 4) is 11.5 Å². The zero-order chi connectivity index (χ0) is 21.4. The standard InChI is InChI=1S/C19H19F3N2O5/c1-12-8-9-14(10-17(12)29-24-18(25)26-3)13(2)23-27-11-15-6-4-5-7-16(15)28-19(20,21)22/h4-10H,11H2,1-3H3,(H,24,25)/b23-13+. The highest BCUT2D eigenvalue weighted by Crippen LogP contribution is 2.27. The highest BCUT2D eigenvalue weighted by Gasteiger charge is 2.32. The molecule has 0 spiro atoms. The average molecular weight is 412 g/mol. The second kappa shape index (κ2) is 9.67. The van der Waals surface area contributed by atoms with Crippen LogP contribution in [0.3, 0.4) is 0 Å². The Morgan fingerprint density at radius 2 is 1.86 bits per heavy atom. The van der Waals surface area contributed by atoms with Gasteiger partial charge in [-0.3, -0.25) is 0 Å². The average Bonchev–Trinajstić information content (AvgIpc) is 2.67. The van der Waals surface area contributed by atoms with Crippen molar-refractivity contribution in [3.05, 3.63) is 59.2 Å². The van der Waals surface area contributed by atoms with Gasteiger partial charge < -0.3 is 19.1 Å². The van der Waals surface area contributed by atoms with Crippen molar-refractivity contribution in [2.75, 3.05) is 7.11 Å². The van der Waals surface area contributed by atoms with Gasteiger partial charge in [0, 0.05) is 11.1 Å². The van der Waals surface area contributed by atoms with Gasteiger partial charge in [0.25, 0.3) is 0 Å². The number of benzene rings is 2. The van der Waals surface area contributed by atoms with Crippen LogP contribution >= 0.6 is 0 Å². The van der Waals surface area contributed by atoms with Crippen LogP contribution in [0.2, 0.25) is 0 Å². The van der Waals surface area contributed by atoms with E-state index in [9.17, 15) is 18.0 Å². The molecule has 7 nitrogen and oxygen atoms in total. The molecule has 0 atom stereocenters. The molecule has 0 heterocycles. The normalized spacial score (nSPS) is 11.6. The number of para-hydroxylation sites is 1. The first-order chi connectivity index (χ1) is 13.7. The Morgan fingerprint density at radius 1 is 1.14 bits per heavy atom. The third-order valence-corrected chi connectivity index (χ3v) is 3.66. The molecular formula is C19H19F3N2O5. The Hall–Kier alpha value is -3.43. The van der Waals surface area contributed by atoms with Gasteiger partial charge in [-0.2, -0.15) is 5.48 Å². The van der Waals surface area contributed by atoms with Gasteiger partial charge in [-0.15, -0.1) is 13.2 Å². The van der Waals surface area contributed by atoms with Crippen LogP contribution in [0.4, 0.5) is 18.0 Å². The first-order valence-electron chi connectivity index (χ1n) is 8.31. The van der Waals surface area contributed by atoms with E-state index < -0.39 is 12.5 Å². The number of hydrogen-bond acceptors (Lipinski definition) is 6. The molecule has 156 valence electrons. The first kappa shape index (κ1) is 21.9. The Kier molecular flexibility index (Phi) is 7.29. The van der Waals surface area contributed by atoms with Gasteiger partial charge in [0.05, 0.1) is 12.8 Å². The van der Waals surface area contributed by atoms with Crippen LogP contribution in [0, 0.1) is 6.92 Å². The first-order valence-corrected chi connectivity index (χ1v) is 8.31. The van der Waals surface area contributed by atoms with Crippen LogP contribution in [0.1, 0.15) is 23.6 Å². The van der Waals surface area contributed by atoms with Gasteiger partial charge in [-0.1, -0.05) is 35.5 Å². The number of nitrogens with zero attached hydrogens (tertiary/aromatic N) is 1. The number of carbonyl (C=O) groups excluding carboxylic acids is 1. The van der Waals surface area contributed by atoms with Crippen LogP contribution in [0.15, 0.2) is 47.6 Å². The Labute approximate surface area is 165 Å². The molecule has 29 heavy (non-hydrogen) atoms. The lowest BCUT2D eigenvalue weighted by molar-refractivity contribution is -0.275. The lowest BCUT2D eigenvalue weighted by atomic mass is 10.1. The zero-order valence-corrected chi connectivity index (χ0v) is 15.9. The van der Waals surface area contributed by atoms with Crippen molar-refractivity contribution < 1.29 is 37.1 Å². The predicted molar refractivity (Wildman–Crippen MR) is 97.5 cm³/mol. The molecule has 10 heteroatoms. The molecule has 0 unspecified atom stereocenters. The topological polar surface area (TPSA) is 78.4 Å². The number of oxime groups is 1. The molecule has 2 aromatic rings. The summed E-state index contributed by atoms with van der Waals surface area (Å²) in [5.41, 5.74) is 4.11. The maximum atomic E-state index is 12.5. The smallest absolute Gasteiger partial charge is 0.451 e. The molecule has 0 bridgehead atoms. The zero-order valence-electron chi connectivity index (χ0n) is 15.9. The van der Waals surface area contributed by atoms with Gasteiger partial charge in [0.15, 0.2) is 5.75 Å². The van der Waals surface area contributed by atoms with E-state index in [1.807, 2.05) is 0 Å². The highest BCUT2D eigenvalue weighted by atomic mass is 19.4. The fraction of sp³-hybridized carbons (Fsp3) is 0.263. The molecule has 2 rings (SSSR count). The molecule has 0 fully saturated rings. The number of rotatable bonds is 7. The summed E-state index contributed by atoms with van der Waals surface area (Å²) in [6, 6.07) is 10.8. The van der Waals surface area contributed by atoms with E-state index in [1.54, 1.807) is 38.1 Å². The van der Waals surface area contributed by atoms with Crippen molar-refractivity contribution in [1.29, 1.82) is 0 Å². The van der Waals surface area contributed by atoms with E-state index in [0.717, 1.165) is 5.56 Å². The lowest BCUT2D eigenvalue weighted by Crippen LogP contribution is -2.27. The Bertz CT molecular complexity index is 884. The van der Waals surface area contributed by atoms with Crippen LogP contribution in [-0.2, 0) is 16.2 Å². The second-order valence-corrected chi connectivity index (χ2v) is 5.78. The number of halogens is 3. The molecule has 0 aliphatic rings. The van der Waals surface area contributed by atoms with Crippen molar-refractivity contribution in [1.82, 2.24) is 5.48 Å². The van der Waals surface area contributed by atoms with E-state index in [2.05, 4.69) is 20.1 Å². The summed E-state index contributed by atoms with van der Waals surface area (Å²) >= 11 is 0. The van der Waals surface area contributed by atoms with Gasteiger partial charge >= 0.3 is 12.5 Å². The molecule has 0 aliphatic carbocycles. The molecule has 0 saturated heterocycles. The van der Waals surface area contributed by atoms with Crippen LogP contribution < -0.4 is 15.1 Å². The number of alkyl halides is 3. The Balaban J connectivity index is 2.06. The number of ether oxygens (including phenoxy) is 2. The summed E-state index contributed by atoms with van der Waals surface area (Å²) in [5.74, 6) is 0.0131. The molecule has 2 aromatic carbocycles. The highest BCUT2D eigenvalue weighted by molar-refractivity contribution is 5.98. The third-order valence-electron chi connectivity index (χ3n) is 3.66. The van der Waals surface area contributed by atoms with Crippen molar-refractivity contribution in [2.45, 2.75) is 26.8 Å². The molecule has 0 saturated carbocycles. The fourth-order valence-corrected chi connectivity index (χ4v) is 2.17. The summed E-state index contributed by atoms with van der Waals surface area (Å²) in [5, 5.41) is 3.92. The van der Waals surface area contributed by atoms with E-state index >= 15 is 0 Å². The summed E-state index contributed by atoms with van der Waals surface area (Å²) in [7, 11) is 1.20. The van der Waals surface area contributed by atoms with E-state index in [-0.39, 0.29) is 17.9 Å². The van der Waals surface area contributed by atoms with Crippen LogP contribution in [0.25, 0.3) is 0 Å². The number of hydrogen-bond donors (Lipinski definition) is 1. The largest absolute Gasteiger partial charge is 0.573 e. The van der Waals surface area contributed by atoms with E-state index in [1.165, 1.54) is 25.3 Å². The second-order valence-electron chi connectivity index (χ2n) is 5.78. The molecule has 0 aromatic heterocycles. The monoisotopic (exact) mass is 412 g/mol. The fourth-order valence-electron chi connectivity index (χ4n) is 2.17. The molecule has 1 N–H and O–H groups in total. The van der Waals surface area contributed by atoms with Crippen LogP contribution in [-0.4, -0.2) is 25.3 Å². The Morgan fingerprint density at radius 3 is 2.55 bits per heavy atom.